The van der Waals surface area contributed by atoms with E-state index in [4.69, 9.17) is 4.74 Å². The second kappa shape index (κ2) is 10.4. The minimum Gasteiger partial charge on any atom is -0.497 e. The van der Waals surface area contributed by atoms with Gasteiger partial charge in [-0.2, -0.15) is 0 Å². The van der Waals surface area contributed by atoms with Gasteiger partial charge in [0.2, 0.25) is 5.91 Å². The van der Waals surface area contributed by atoms with E-state index in [1.54, 1.807) is 30.6 Å². The second-order valence-electron chi connectivity index (χ2n) is 7.85. The minimum absolute atomic E-state index is 0.0134. The van der Waals surface area contributed by atoms with Crippen LogP contribution in [0.15, 0.2) is 60.0 Å². The summed E-state index contributed by atoms with van der Waals surface area (Å²) in [6.07, 6.45) is 2.06. The van der Waals surface area contributed by atoms with Gasteiger partial charge in [-0.3, -0.25) is 9.59 Å². The summed E-state index contributed by atoms with van der Waals surface area (Å²) in [4.78, 5) is 31.8. The van der Waals surface area contributed by atoms with Gasteiger partial charge < -0.3 is 15.0 Å². The number of likely N-dealkylation sites (tertiary alicyclic amines) is 1. The van der Waals surface area contributed by atoms with Crippen molar-refractivity contribution in [2.45, 2.75) is 19.3 Å². The van der Waals surface area contributed by atoms with Gasteiger partial charge in [0.15, 0.2) is 0 Å². The molecule has 6 nitrogen and oxygen atoms in total. The summed E-state index contributed by atoms with van der Waals surface area (Å²) in [5.41, 5.74) is 2.72. The summed E-state index contributed by atoms with van der Waals surface area (Å²) in [6.45, 7) is 1.74. The zero-order chi connectivity index (χ0) is 22.3. The first-order valence-corrected chi connectivity index (χ1v) is 11.7. The SMILES string of the molecule is COc1cccc(C(=O)N2CCC(C(=O)NCCc3csc(-c4ccccc4)n3)CC2)c1. The molecule has 0 saturated carbocycles. The van der Waals surface area contributed by atoms with E-state index in [9.17, 15) is 9.59 Å². The molecule has 0 radical (unpaired) electrons. The predicted octanol–water partition coefficient (Wildman–Crippen LogP) is 4.03. The van der Waals surface area contributed by atoms with Crippen LogP contribution in [0.5, 0.6) is 5.75 Å². The number of nitrogens with zero attached hydrogens (tertiary/aromatic N) is 2. The number of thiazole rings is 1. The molecule has 1 aliphatic rings. The first-order chi connectivity index (χ1) is 15.6. The number of hydrogen-bond acceptors (Lipinski definition) is 5. The number of piperidine rings is 1. The minimum atomic E-state index is -0.0559. The van der Waals surface area contributed by atoms with Gasteiger partial charge in [0.1, 0.15) is 10.8 Å². The molecule has 1 fully saturated rings. The summed E-state index contributed by atoms with van der Waals surface area (Å²) in [5.74, 6) is 0.665. The fourth-order valence-electron chi connectivity index (χ4n) is 3.88. The van der Waals surface area contributed by atoms with E-state index in [1.807, 2.05) is 35.2 Å². The van der Waals surface area contributed by atoms with Crippen molar-refractivity contribution in [2.75, 3.05) is 26.7 Å². The molecule has 1 saturated heterocycles. The van der Waals surface area contributed by atoms with Crippen molar-refractivity contribution in [3.8, 4) is 16.3 Å². The van der Waals surface area contributed by atoms with Crippen molar-refractivity contribution in [3.63, 3.8) is 0 Å². The Bertz CT molecular complexity index is 1060. The smallest absolute Gasteiger partial charge is 0.253 e. The van der Waals surface area contributed by atoms with Crippen LogP contribution in [0, 0.1) is 5.92 Å². The molecule has 4 rings (SSSR count). The Kier molecular flexibility index (Phi) is 7.17. The maximum absolute atomic E-state index is 12.7. The van der Waals surface area contributed by atoms with Gasteiger partial charge in [0, 0.05) is 48.5 Å². The fourth-order valence-corrected chi connectivity index (χ4v) is 4.74. The summed E-state index contributed by atoms with van der Waals surface area (Å²) in [6, 6.07) is 17.3. The summed E-state index contributed by atoms with van der Waals surface area (Å²) >= 11 is 1.62. The highest BCUT2D eigenvalue weighted by Crippen LogP contribution is 2.24. The molecule has 0 atom stereocenters. The van der Waals surface area contributed by atoms with Crippen LogP contribution in [0.3, 0.4) is 0 Å². The third kappa shape index (κ3) is 5.34. The number of methoxy groups -OCH3 is 1. The van der Waals surface area contributed by atoms with Crippen molar-refractivity contribution in [2.24, 2.45) is 5.92 Å². The van der Waals surface area contributed by atoms with E-state index >= 15 is 0 Å². The predicted molar refractivity (Wildman–Crippen MR) is 126 cm³/mol. The molecule has 2 heterocycles. The van der Waals surface area contributed by atoms with Gasteiger partial charge in [-0.05, 0) is 31.0 Å². The summed E-state index contributed by atoms with van der Waals surface area (Å²) < 4.78 is 5.21. The molecule has 1 aliphatic heterocycles. The molecular formula is C25H27N3O3S. The molecule has 7 heteroatoms. The number of hydrogen-bond donors (Lipinski definition) is 1. The van der Waals surface area contributed by atoms with Crippen molar-refractivity contribution in [3.05, 3.63) is 71.2 Å². The molecule has 3 aromatic rings. The number of carbonyl (C=O) groups excluding carboxylic acids is 2. The van der Waals surface area contributed by atoms with Gasteiger partial charge in [-0.1, -0.05) is 36.4 Å². The lowest BCUT2D eigenvalue weighted by molar-refractivity contribution is -0.126. The Morgan fingerprint density at radius 3 is 2.66 bits per heavy atom. The quantitative estimate of drug-likeness (QED) is 0.591. The van der Waals surface area contributed by atoms with Gasteiger partial charge >= 0.3 is 0 Å². The third-order valence-electron chi connectivity index (χ3n) is 5.72. The van der Waals surface area contributed by atoms with Crippen LogP contribution in [0.1, 0.15) is 28.9 Å². The van der Waals surface area contributed by atoms with Gasteiger partial charge in [-0.15, -0.1) is 11.3 Å². The van der Waals surface area contributed by atoms with Crippen molar-refractivity contribution in [1.29, 1.82) is 0 Å². The highest BCUT2D eigenvalue weighted by atomic mass is 32.1. The van der Waals surface area contributed by atoms with E-state index < -0.39 is 0 Å². The van der Waals surface area contributed by atoms with Crippen molar-refractivity contribution in [1.82, 2.24) is 15.2 Å². The first-order valence-electron chi connectivity index (χ1n) is 10.8. The molecule has 2 aromatic carbocycles. The van der Waals surface area contributed by atoms with E-state index in [2.05, 4.69) is 27.8 Å². The third-order valence-corrected chi connectivity index (χ3v) is 6.66. The van der Waals surface area contributed by atoms with Crippen LogP contribution in [0.2, 0.25) is 0 Å². The van der Waals surface area contributed by atoms with Crippen molar-refractivity contribution >= 4 is 23.2 Å². The highest BCUT2D eigenvalue weighted by Gasteiger charge is 2.27. The Morgan fingerprint density at radius 2 is 1.91 bits per heavy atom. The molecule has 2 amide bonds. The molecule has 1 N–H and O–H groups in total. The topological polar surface area (TPSA) is 71.5 Å². The lowest BCUT2D eigenvalue weighted by Crippen LogP contribution is -2.43. The first kappa shape index (κ1) is 22.0. The maximum atomic E-state index is 12.7. The molecule has 0 bridgehead atoms. The molecule has 166 valence electrons. The summed E-state index contributed by atoms with van der Waals surface area (Å²) in [5, 5.41) is 6.10. The van der Waals surface area contributed by atoms with E-state index in [1.165, 1.54) is 0 Å². The van der Waals surface area contributed by atoms with E-state index in [-0.39, 0.29) is 17.7 Å². The number of ether oxygens (including phenoxy) is 1. The lowest BCUT2D eigenvalue weighted by Gasteiger charge is -2.31. The normalized spacial score (nSPS) is 14.2. The molecule has 1 aromatic heterocycles. The van der Waals surface area contributed by atoms with Crippen LogP contribution in [0.25, 0.3) is 10.6 Å². The van der Waals surface area contributed by atoms with E-state index in [0.29, 0.717) is 50.2 Å². The van der Waals surface area contributed by atoms with Crippen LogP contribution in [-0.4, -0.2) is 48.4 Å². The van der Waals surface area contributed by atoms with Gasteiger partial charge in [0.25, 0.3) is 5.91 Å². The number of amides is 2. The lowest BCUT2D eigenvalue weighted by atomic mass is 9.95. The van der Waals surface area contributed by atoms with Crippen LogP contribution >= 0.6 is 11.3 Å². The molecule has 0 unspecified atom stereocenters. The standard InChI is InChI=1S/C25H27N3O3S/c1-31-22-9-5-8-20(16-22)25(30)28-14-11-18(12-15-28)23(29)26-13-10-21-17-32-24(27-21)19-6-3-2-4-7-19/h2-9,16-18H,10-15H2,1H3,(H,26,29). The van der Waals surface area contributed by atoms with Gasteiger partial charge in [-0.25, -0.2) is 4.98 Å². The summed E-state index contributed by atoms with van der Waals surface area (Å²) in [7, 11) is 1.59. The largest absolute Gasteiger partial charge is 0.497 e. The van der Waals surface area contributed by atoms with Crippen LogP contribution in [0.4, 0.5) is 0 Å². The highest BCUT2D eigenvalue weighted by molar-refractivity contribution is 7.13. The van der Waals surface area contributed by atoms with Gasteiger partial charge in [0.05, 0.1) is 12.8 Å². The maximum Gasteiger partial charge on any atom is 0.253 e. The zero-order valence-electron chi connectivity index (χ0n) is 18.1. The Morgan fingerprint density at radius 1 is 1.12 bits per heavy atom. The number of nitrogens with one attached hydrogen (secondary N) is 1. The van der Waals surface area contributed by atoms with Crippen LogP contribution < -0.4 is 10.1 Å². The Labute approximate surface area is 192 Å². The number of benzene rings is 2. The Hall–Kier alpha value is -3.19. The van der Waals surface area contributed by atoms with Crippen LogP contribution in [-0.2, 0) is 11.2 Å². The molecule has 32 heavy (non-hydrogen) atoms. The number of rotatable bonds is 7. The fraction of sp³-hybridized carbons (Fsp3) is 0.320. The second-order valence-corrected chi connectivity index (χ2v) is 8.71. The average molecular weight is 450 g/mol. The Balaban J connectivity index is 1.22. The monoisotopic (exact) mass is 449 g/mol. The van der Waals surface area contributed by atoms with Crippen molar-refractivity contribution < 1.29 is 14.3 Å². The van der Waals surface area contributed by atoms with E-state index in [0.717, 1.165) is 16.3 Å². The number of aromatic nitrogens is 1. The zero-order valence-corrected chi connectivity index (χ0v) is 18.9. The average Bonchev–Trinajstić information content (AvgIpc) is 3.33. The molecular weight excluding hydrogens is 422 g/mol. The number of carbonyl (C=O) groups is 2. The molecule has 0 spiro atoms. The molecule has 0 aliphatic carbocycles.